The zero-order valence-corrected chi connectivity index (χ0v) is 15.1. The first kappa shape index (κ1) is 17.0. The highest BCUT2D eigenvalue weighted by Gasteiger charge is 2.06. The number of guanidine groups is 1. The number of nitrogens with one attached hydrogen (secondary N) is 2. The molecular weight excluding hydrogens is 312 g/mol. The van der Waals surface area contributed by atoms with Crippen LogP contribution in [-0.4, -0.2) is 30.6 Å². The maximum Gasteiger partial charge on any atom is 0.191 e. The molecular formula is C16H24N4S2. The van der Waals surface area contributed by atoms with Gasteiger partial charge in [0.05, 0.1) is 10.7 Å². The van der Waals surface area contributed by atoms with Crippen molar-refractivity contribution in [3.05, 3.63) is 38.5 Å². The number of thiazole rings is 1. The molecule has 2 aromatic heterocycles. The van der Waals surface area contributed by atoms with Gasteiger partial charge in [0.25, 0.3) is 0 Å². The van der Waals surface area contributed by atoms with Gasteiger partial charge in [-0.05, 0) is 36.2 Å². The van der Waals surface area contributed by atoms with Crippen LogP contribution in [-0.2, 0) is 6.42 Å². The molecule has 2 rings (SSSR count). The maximum absolute atomic E-state index is 4.69. The van der Waals surface area contributed by atoms with Gasteiger partial charge in [-0.25, -0.2) is 4.98 Å². The Kier molecular flexibility index (Phi) is 6.86. The fourth-order valence-electron chi connectivity index (χ4n) is 2.06. The summed E-state index contributed by atoms with van der Waals surface area (Å²) >= 11 is 3.44. The summed E-state index contributed by atoms with van der Waals surface area (Å²) in [7, 11) is 0. The van der Waals surface area contributed by atoms with Crippen LogP contribution in [0.1, 0.15) is 36.0 Å². The minimum Gasteiger partial charge on any atom is -0.357 e. The normalized spacial score (nSPS) is 13.1. The lowest BCUT2D eigenvalue weighted by Crippen LogP contribution is -2.38. The molecule has 0 saturated carbocycles. The van der Waals surface area contributed by atoms with Crippen molar-refractivity contribution >= 4 is 28.6 Å². The second-order valence-electron chi connectivity index (χ2n) is 5.21. The van der Waals surface area contributed by atoms with Gasteiger partial charge in [-0.2, -0.15) is 11.3 Å². The minimum atomic E-state index is 0.447. The van der Waals surface area contributed by atoms with E-state index in [-0.39, 0.29) is 0 Å². The van der Waals surface area contributed by atoms with Crippen LogP contribution >= 0.6 is 22.7 Å². The van der Waals surface area contributed by atoms with E-state index in [1.54, 1.807) is 22.7 Å². The average molecular weight is 337 g/mol. The Balaban J connectivity index is 1.81. The summed E-state index contributed by atoms with van der Waals surface area (Å²) in [5.74, 6) is 1.33. The second kappa shape index (κ2) is 8.90. The van der Waals surface area contributed by atoms with E-state index in [4.69, 9.17) is 0 Å². The van der Waals surface area contributed by atoms with E-state index in [2.05, 4.69) is 56.7 Å². The largest absolute Gasteiger partial charge is 0.357 e. The smallest absolute Gasteiger partial charge is 0.191 e. The molecule has 4 nitrogen and oxygen atoms in total. The molecule has 0 fully saturated rings. The first-order valence-corrected chi connectivity index (χ1v) is 9.46. The third-order valence-electron chi connectivity index (χ3n) is 3.32. The van der Waals surface area contributed by atoms with Crippen LogP contribution in [0.25, 0.3) is 0 Å². The summed E-state index contributed by atoms with van der Waals surface area (Å²) in [4.78, 5) is 9.17. The Hall–Kier alpha value is -1.40. The van der Waals surface area contributed by atoms with Crippen molar-refractivity contribution < 1.29 is 0 Å². The second-order valence-corrected chi connectivity index (χ2v) is 7.05. The summed E-state index contributed by atoms with van der Waals surface area (Å²) < 4.78 is 0. The van der Waals surface area contributed by atoms with Crippen molar-refractivity contribution in [1.82, 2.24) is 15.6 Å². The number of nitrogens with zero attached hydrogens (tertiary/aromatic N) is 2. The zero-order chi connectivity index (χ0) is 15.8. The Morgan fingerprint density at radius 3 is 2.86 bits per heavy atom. The monoisotopic (exact) mass is 336 g/mol. The number of thiophene rings is 1. The van der Waals surface area contributed by atoms with Gasteiger partial charge in [0.2, 0.25) is 0 Å². The summed E-state index contributed by atoms with van der Waals surface area (Å²) in [5.41, 5.74) is 2.51. The highest BCUT2D eigenvalue weighted by Crippen LogP contribution is 2.18. The quantitative estimate of drug-likeness (QED) is 0.602. The molecule has 120 valence electrons. The van der Waals surface area contributed by atoms with Crippen LogP contribution in [0.3, 0.4) is 0 Å². The van der Waals surface area contributed by atoms with Crippen molar-refractivity contribution in [3.8, 4) is 0 Å². The summed E-state index contributed by atoms with van der Waals surface area (Å²) in [6.45, 7) is 8.85. The molecule has 2 N–H and O–H groups in total. The first-order chi connectivity index (χ1) is 10.7. The molecule has 0 aliphatic carbocycles. The first-order valence-electron chi connectivity index (χ1n) is 7.64. The molecule has 1 atom stereocenters. The van der Waals surface area contributed by atoms with Crippen LogP contribution in [0, 0.1) is 6.92 Å². The molecule has 0 amide bonds. The van der Waals surface area contributed by atoms with E-state index in [1.165, 1.54) is 5.56 Å². The molecule has 2 heterocycles. The number of aromatic nitrogens is 1. The molecule has 22 heavy (non-hydrogen) atoms. The van der Waals surface area contributed by atoms with E-state index in [0.29, 0.717) is 5.92 Å². The van der Waals surface area contributed by atoms with E-state index in [0.717, 1.165) is 42.7 Å². The maximum atomic E-state index is 4.69. The lowest BCUT2D eigenvalue weighted by molar-refractivity contribution is 0.745. The van der Waals surface area contributed by atoms with Gasteiger partial charge in [0, 0.05) is 37.4 Å². The highest BCUT2D eigenvalue weighted by molar-refractivity contribution is 7.09. The molecule has 6 heteroatoms. The highest BCUT2D eigenvalue weighted by atomic mass is 32.1. The van der Waals surface area contributed by atoms with Crippen molar-refractivity contribution in [3.63, 3.8) is 0 Å². The van der Waals surface area contributed by atoms with Gasteiger partial charge >= 0.3 is 0 Å². The molecule has 2 aromatic rings. The van der Waals surface area contributed by atoms with E-state index in [1.807, 2.05) is 6.92 Å². The van der Waals surface area contributed by atoms with E-state index >= 15 is 0 Å². The van der Waals surface area contributed by atoms with E-state index < -0.39 is 0 Å². The predicted molar refractivity (Wildman–Crippen MR) is 97.3 cm³/mol. The number of aryl methyl sites for hydroxylation is 1. The standard InChI is InChI=1S/C16H24N4S2/c1-4-17-16(18-7-5-15-11-22-13(3)20-15)19-9-12(2)14-6-8-21-10-14/h6,8,10-12H,4-5,7,9H2,1-3H3,(H2,17,18,19). The number of hydrogen-bond donors (Lipinski definition) is 2. The van der Waals surface area contributed by atoms with Crippen LogP contribution < -0.4 is 10.6 Å². The zero-order valence-electron chi connectivity index (χ0n) is 13.4. The molecule has 0 spiro atoms. The summed E-state index contributed by atoms with van der Waals surface area (Å²) in [6.07, 6.45) is 0.925. The third kappa shape index (κ3) is 5.42. The van der Waals surface area contributed by atoms with Crippen molar-refractivity contribution in [1.29, 1.82) is 0 Å². The van der Waals surface area contributed by atoms with Gasteiger partial charge in [-0.1, -0.05) is 6.92 Å². The predicted octanol–water partition coefficient (Wildman–Crippen LogP) is 3.41. The van der Waals surface area contributed by atoms with Crippen LogP contribution in [0.4, 0.5) is 0 Å². The van der Waals surface area contributed by atoms with Crippen molar-refractivity contribution in [2.75, 3.05) is 19.6 Å². The molecule has 0 aromatic carbocycles. The Morgan fingerprint density at radius 2 is 2.23 bits per heavy atom. The lowest BCUT2D eigenvalue weighted by atomic mass is 10.1. The molecule has 1 unspecified atom stereocenters. The van der Waals surface area contributed by atoms with Gasteiger partial charge in [0.1, 0.15) is 0 Å². The summed E-state index contributed by atoms with van der Waals surface area (Å²) in [5, 5.41) is 14.3. The molecule has 0 aliphatic rings. The van der Waals surface area contributed by atoms with Crippen LogP contribution in [0.5, 0.6) is 0 Å². The van der Waals surface area contributed by atoms with Crippen LogP contribution in [0.15, 0.2) is 27.2 Å². The SMILES string of the molecule is CCNC(=NCC(C)c1ccsc1)NCCc1csc(C)n1. The number of aliphatic imine (C=N–C) groups is 1. The third-order valence-corrected chi connectivity index (χ3v) is 4.84. The Labute approximate surface area is 140 Å². The van der Waals surface area contributed by atoms with Crippen molar-refractivity contribution in [2.24, 2.45) is 4.99 Å². The van der Waals surface area contributed by atoms with Gasteiger partial charge in [-0.3, -0.25) is 4.99 Å². The van der Waals surface area contributed by atoms with Crippen LogP contribution in [0.2, 0.25) is 0 Å². The average Bonchev–Trinajstić information content (AvgIpc) is 3.16. The van der Waals surface area contributed by atoms with Gasteiger partial charge < -0.3 is 10.6 Å². The Bertz CT molecular complexity index is 575. The van der Waals surface area contributed by atoms with Gasteiger partial charge in [0.15, 0.2) is 5.96 Å². The summed E-state index contributed by atoms with van der Waals surface area (Å²) in [6, 6.07) is 2.18. The molecule has 0 radical (unpaired) electrons. The Morgan fingerprint density at radius 1 is 1.36 bits per heavy atom. The lowest BCUT2D eigenvalue weighted by Gasteiger charge is -2.12. The fourth-order valence-corrected chi connectivity index (χ4v) is 3.49. The fraction of sp³-hybridized carbons (Fsp3) is 0.500. The molecule has 0 bridgehead atoms. The van der Waals surface area contributed by atoms with Gasteiger partial charge in [-0.15, -0.1) is 11.3 Å². The van der Waals surface area contributed by atoms with E-state index in [9.17, 15) is 0 Å². The topological polar surface area (TPSA) is 49.3 Å². The minimum absolute atomic E-state index is 0.447. The van der Waals surface area contributed by atoms with Crippen molar-refractivity contribution in [2.45, 2.75) is 33.1 Å². The number of hydrogen-bond acceptors (Lipinski definition) is 4. The molecule has 0 aliphatic heterocycles. The molecule has 0 saturated heterocycles. The number of rotatable bonds is 7.